The summed E-state index contributed by atoms with van der Waals surface area (Å²) >= 11 is 0. The Kier molecular flexibility index (Phi) is 3.84. The maximum absolute atomic E-state index is 12.6. The highest BCUT2D eigenvalue weighted by Crippen LogP contribution is 2.27. The van der Waals surface area contributed by atoms with Gasteiger partial charge in [0.2, 0.25) is 0 Å². The summed E-state index contributed by atoms with van der Waals surface area (Å²) in [6, 6.07) is 11.2. The van der Waals surface area contributed by atoms with Gasteiger partial charge < -0.3 is 19.9 Å². The van der Waals surface area contributed by atoms with E-state index in [0.717, 1.165) is 11.3 Å². The largest absolute Gasteiger partial charge is 0.388 e. The minimum absolute atomic E-state index is 0.230. The first-order valence-corrected chi connectivity index (χ1v) is 7.95. The van der Waals surface area contributed by atoms with Crippen LogP contribution in [0.3, 0.4) is 0 Å². The molecule has 7 nitrogen and oxygen atoms in total. The summed E-state index contributed by atoms with van der Waals surface area (Å²) in [5.74, 6) is -0.230. The molecule has 4 atom stereocenters. The van der Waals surface area contributed by atoms with Gasteiger partial charge in [0.1, 0.15) is 24.0 Å². The van der Waals surface area contributed by atoms with E-state index >= 15 is 0 Å². The summed E-state index contributed by atoms with van der Waals surface area (Å²) in [4.78, 5) is 12.6. The van der Waals surface area contributed by atoms with Gasteiger partial charge in [-0.2, -0.15) is 5.10 Å². The third-order valence-corrected chi connectivity index (χ3v) is 4.53. The van der Waals surface area contributed by atoms with Crippen molar-refractivity contribution in [1.29, 1.82) is 0 Å². The second-order valence-electron chi connectivity index (χ2n) is 6.15. The third-order valence-electron chi connectivity index (χ3n) is 4.53. The lowest BCUT2D eigenvalue weighted by molar-refractivity contribution is 0.0178. The van der Waals surface area contributed by atoms with Crippen LogP contribution in [-0.2, 0) is 16.5 Å². The van der Waals surface area contributed by atoms with Crippen LogP contribution < -0.4 is 5.32 Å². The number of ether oxygens (including phenoxy) is 2. The van der Waals surface area contributed by atoms with E-state index in [4.69, 9.17) is 9.47 Å². The van der Waals surface area contributed by atoms with Gasteiger partial charge in [0, 0.05) is 12.6 Å². The number of nitrogens with zero attached hydrogens (tertiary/aromatic N) is 2. The van der Waals surface area contributed by atoms with Gasteiger partial charge in [-0.25, -0.2) is 0 Å². The molecule has 1 aromatic carbocycles. The molecule has 0 bridgehead atoms. The molecular weight excluding hydrogens is 310 g/mol. The monoisotopic (exact) mass is 329 g/mol. The highest BCUT2D eigenvalue weighted by molar-refractivity contribution is 5.94. The maximum Gasteiger partial charge on any atom is 0.269 e. The number of amides is 1. The normalized spacial score (nSPS) is 28.8. The Bertz CT molecular complexity index is 746. The van der Waals surface area contributed by atoms with Gasteiger partial charge in [0.25, 0.3) is 5.91 Å². The van der Waals surface area contributed by atoms with Gasteiger partial charge in [0.05, 0.1) is 24.9 Å². The molecule has 3 heterocycles. The lowest BCUT2D eigenvalue weighted by Crippen LogP contribution is -2.44. The van der Waals surface area contributed by atoms with E-state index in [0.29, 0.717) is 12.3 Å². The van der Waals surface area contributed by atoms with E-state index in [2.05, 4.69) is 10.4 Å². The number of aliphatic hydroxyl groups is 1. The molecule has 0 radical (unpaired) electrons. The highest BCUT2D eigenvalue weighted by atomic mass is 16.6. The van der Waals surface area contributed by atoms with E-state index in [1.54, 1.807) is 17.8 Å². The summed E-state index contributed by atoms with van der Waals surface area (Å²) < 4.78 is 12.6. The maximum atomic E-state index is 12.6. The number of aliphatic hydroxyl groups excluding tert-OH is 1. The number of aromatic nitrogens is 2. The van der Waals surface area contributed by atoms with Crippen LogP contribution in [0.4, 0.5) is 0 Å². The van der Waals surface area contributed by atoms with E-state index in [1.807, 2.05) is 30.3 Å². The van der Waals surface area contributed by atoms with Crippen LogP contribution in [0, 0.1) is 0 Å². The highest BCUT2D eigenvalue weighted by Gasteiger charge is 2.47. The Morgan fingerprint density at radius 1 is 1.25 bits per heavy atom. The predicted molar refractivity (Wildman–Crippen MR) is 85.4 cm³/mol. The average molecular weight is 329 g/mol. The fourth-order valence-corrected chi connectivity index (χ4v) is 3.27. The minimum atomic E-state index is -0.627. The quantitative estimate of drug-likeness (QED) is 0.848. The summed E-state index contributed by atoms with van der Waals surface area (Å²) in [7, 11) is 1.74. The topological polar surface area (TPSA) is 85.6 Å². The first-order chi connectivity index (χ1) is 11.6. The number of benzene rings is 1. The van der Waals surface area contributed by atoms with Crippen LogP contribution in [0.1, 0.15) is 10.5 Å². The van der Waals surface area contributed by atoms with Crippen LogP contribution >= 0.6 is 0 Å². The Hall–Kier alpha value is -2.22. The second-order valence-corrected chi connectivity index (χ2v) is 6.15. The zero-order valence-electron chi connectivity index (χ0n) is 13.3. The van der Waals surface area contributed by atoms with Crippen LogP contribution in [0.5, 0.6) is 0 Å². The summed E-state index contributed by atoms with van der Waals surface area (Å²) in [5.41, 5.74) is 2.17. The molecule has 126 valence electrons. The van der Waals surface area contributed by atoms with Gasteiger partial charge in [-0.1, -0.05) is 30.3 Å². The predicted octanol–water partition coefficient (Wildman–Crippen LogP) is 0.344. The second kappa shape index (κ2) is 6.01. The first kappa shape index (κ1) is 15.3. The number of nitrogens with one attached hydrogen (secondary N) is 1. The molecule has 2 aliphatic rings. The SMILES string of the molecule is Cn1nc(-c2ccccc2)cc1C(=O)N[C@H]1CO[C@H]2[C@@H]1OC[C@@H]2O. The molecule has 2 aliphatic heterocycles. The molecule has 24 heavy (non-hydrogen) atoms. The van der Waals surface area contributed by atoms with Crippen LogP contribution in [0.15, 0.2) is 36.4 Å². The molecule has 2 fully saturated rings. The molecule has 0 saturated carbocycles. The smallest absolute Gasteiger partial charge is 0.269 e. The molecule has 2 aromatic rings. The van der Waals surface area contributed by atoms with Crippen molar-refractivity contribution in [3.05, 3.63) is 42.1 Å². The number of carbonyl (C=O) groups is 1. The zero-order valence-corrected chi connectivity index (χ0v) is 13.3. The van der Waals surface area contributed by atoms with Gasteiger partial charge in [-0.15, -0.1) is 0 Å². The van der Waals surface area contributed by atoms with E-state index in [1.165, 1.54) is 0 Å². The summed E-state index contributed by atoms with van der Waals surface area (Å²) in [6.45, 7) is 0.576. The number of hydrogen-bond acceptors (Lipinski definition) is 5. The van der Waals surface area contributed by atoms with Crippen LogP contribution in [-0.4, -0.2) is 58.4 Å². The number of rotatable bonds is 3. The van der Waals surface area contributed by atoms with E-state index < -0.39 is 6.10 Å². The van der Waals surface area contributed by atoms with Crippen molar-refractivity contribution >= 4 is 5.91 Å². The molecule has 0 spiro atoms. The molecule has 0 aliphatic carbocycles. The molecule has 2 saturated heterocycles. The zero-order chi connectivity index (χ0) is 16.7. The average Bonchev–Trinajstić information content (AvgIpc) is 3.26. The lowest BCUT2D eigenvalue weighted by atomic mass is 10.1. The van der Waals surface area contributed by atoms with Crippen LogP contribution in [0.25, 0.3) is 11.3 Å². The summed E-state index contributed by atoms with van der Waals surface area (Å²) in [6.07, 6.45) is -1.29. The number of aryl methyl sites for hydroxylation is 1. The van der Waals surface area contributed by atoms with Gasteiger partial charge in [-0.05, 0) is 6.07 Å². The minimum Gasteiger partial charge on any atom is -0.388 e. The fraction of sp³-hybridized carbons (Fsp3) is 0.412. The van der Waals surface area contributed by atoms with Crippen molar-refractivity contribution in [3.63, 3.8) is 0 Å². The molecule has 1 aromatic heterocycles. The lowest BCUT2D eigenvalue weighted by Gasteiger charge is -2.17. The molecule has 2 N–H and O–H groups in total. The molecule has 1 amide bonds. The van der Waals surface area contributed by atoms with Crippen molar-refractivity contribution in [3.8, 4) is 11.3 Å². The van der Waals surface area contributed by atoms with E-state index in [-0.39, 0.29) is 30.8 Å². The first-order valence-electron chi connectivity index (χ1n) is 7.95. The van der Waals surface area contributed by atoms with Gasteiger partial charge in [-0.3, -0.25) is 9.48 Å². The Labute approximate surface area is 139 Å². The molecular formula is C17H19N3O4. The number of carbonyl (C=O) groups excluding carboxylic acids is 1. The van der Waals surface area contributed by atoms with E-state index in [9.17, 15) is 9.90 Å². The fourth-order valence-electron chi connectivity index (χ4n) is 3.27. The standard InChI is InChI=1S/C17H19N3O4/c1-20-13(7-11(19-20)10-5-3-2-4-6-10)17(22)18-12-8-23-16-14(21)9-24-15(12)16/h2-7,12,14-16,21H,8-9H2,1H3,(H,18,22)/t12-,14-,15+,16+/m0/s1. The Morgan fingerprint density at radius 3 is 2.79 bits per heavy atom. The molecule has 7 heteroatoms. The van der Waals surface area contributed by atoms with Crippen LogP contribution in [0.2, 0.25) is 0 Å². The van der Waals surface area contributed by atoms with Crippen molar-refractivity contribution < 1.29 is 19.4 Å². The van der Waals surface area contributed by atoms with Crippen molar-refractivity contribution in [2.45, 2.75) is 24.4 Å². The summed E-state index contributed by atoms with van der Waals surface area (Å²) in [5, 5.41) is 17.1. The van der Waals surface area contributed by atoms with Gasteiger partial charge in [0.15, 0.2) is 0 Å². The molecule has 4 rings (SSSR count). The third kappa shape index (κ3) is 2.60. The Balaban J connectivity index is 1.50. The van der Waals surface area contributed by atoms with Crippen molar-refractivity contribution in [2.75, 3.05) is 13.2 Å². The molecule has 0 unspecified atom stereocenters. The van der Waals surface area contributed by atoms with Crippen molar-refractivity contribution in [2.24, 2.45) is 7.05 Å². The Morgan fingerprint density at radius 2 is 2.00 bits per heavy atom. The number of fused-ring (bicyclic) bond motifs is 1. The van der Waals surface area contributed by atoms with Crippen molar-refractivity contribution in [1.82, 2.24) is 15.1 Å². The number of hydrogen-bond donors (Lipinski definition) is 2. The van der Waals surface area contributed by atoms with Gasteiger partial charge >= 0.3 is 0 Å².